The predicted molar refractivity (Wildman–Crippen MR) is 104 cm³/mol. The minimum absolute atomic E-state index is 0.0406. The number of rotatable bonds is 3. The van der Waals surface area contributed by atoms with Crippen LogP contribution in [0.2, 0.25) is 0 Å². The number of sulfonamides is 1. The van der Waals surface area contributed by atoms with Gasteiger partial charge in [-0.3, -0.25) is 4.79 Å². The number of benzene rings is 1. The zero-order chi connectivity index (χ0) is 19.1. The highest BCUT2D eigenvalue weighted by molar-refractivity contribution is 7.88. The van der Waals surface area contributed by atoms with E-state index < -0.39 is 10.0 Å². The van der Waals surface area contributed by atoms with Crippen LogP contribution in [-0.4, -0.2) is 49.0 Å². The molecule has 2 N–H and O–H groups in total. The molecule has 0 aliphatic carbocycles. The van der Waals surface area contributed by atoms with Crippen molar-refractivity contribution in [1.29, 1.82) is 0 Å². The lowest BCUT2D eigenvalue weighted by Crippen LogP contribution is -2.49. The number of amides is 1. The van der Waals surface area contributed by atoms with Gasteiger partial charge >= 0.3 is 0 Å². The summed E-state index contributed by atoms with van der Waals surface area (Å²) >= 11 is 0. The molecule has 0 radical (unpaired) electrons. The van der Waals surface area contributed by atoms with Crippen LogP contribution in [0, 0.1) is 0 Å². The number of piperidine rings is 1. The van der Waals surface area contributed by atoms with Gasteiger partial charge in [-0.2, -0.15) is 0 Å². The lowest BCUT2D eigenvalue weighted by molar-refractivity contribution is 0.0917. The highest BCUT2D eigenvalue weighted by atomic mass is 32.2. The van der Waals surface area contributed by atoms with Crippen molar-refractivity contribution in [2.45, 2.75) is 45.1 Å². The molecule has 142 valence electrons. The molecule has 2 heterocycles. The molecule has 7 heteroatoms. The van der Waals surface area contributed by atoms with Gasteiger partial charge in [0.2, 0.25) is 10.0 Å². The molecule has 1 aliphatic rings. The number of aromatic amines is 1. The van der Waals surface area contributed by atoms with Gasteiger partial charge in [-0.15, -0.1) is 0 Å². The van der Waals surface area contributed by atoms with Gasteiger partial charge in [0.25, 0.3) is 5.91 Å². The van der Waals surface area contributed by atoms with Crippen molar-refractivity contribution in [3.05, 3.63) is 35.5 Å². The maximum Gasteiger partial charge on any atom is 0.267 e. The highest BCUT2D eigenvalue weighted by Gasteiger charge is 2.27. The van der Waals surface area contributed by atoms with Gasteiger partial charge in [-0.05, 0) is 36.0 Å². The molecule has 1 atom stereocenters. The second-order valence-electron chi connectivity index (χ2n) is 8.17. The van der Waals surface area contributed by atoms with Crippen LogP contribution in [0.4, 0.5) is 0 Å². The van der Waals surface area contributed by atoms with Crippen molar-refractivity contribution in [2.75, 3.05) is 19.3 Å². The molecule has 6 nitrogen and oxygen atoms in total. The van der Waals surface area contributed by atoms with Gasteiger partial charge in [0.05, 0.1) is 6.26 Å². The Bertz CT molecular complexity index is 925. The van der Waals surface area contributed by atoms with Crippen LogP contribution in [-0.2, 0) is 15.4 Å². The molecule has 0 bridgehead atoms. The summed E-state index contributed by atoms with van der Waals surface area (Å²) in [6.07, 6.45) is 2.74. The molecule has 0 saturated carbocycles. The summed E-state index contributed by atoms with van der Waals surface area (Å²) < 4.78 is 24.9. The SMILES string of the molecule is CC(C)(C)c1ccc2cc(C(=O)N[C@H]3CCCN(S(C)(=O)=O)C3)[nH]c2c1. The van der Waals surface area contributed by atoms with E-state index in [-0.39, 0.29) is 17.4 Å². The van der Waals surface area contributed by atoms with Crippen molar-refractivity contribution < 1.29 is 13.2 Å². The molecule has 1 aromatic carbocycles. The first-order valence-electron chi connectivity index (χ1n) is 8.93. The monoisotopic (exact) mass is 377 g/mol. The van der Waals surface area contributed by atoms with Crippen LogP contribution in [0.5, 0.6) is 0 Å². The number of H-pyrrole nitrogens is 1. The number of hydrogen-bond acceptors (Lipinski definition) is 3. The Morgan fingerprint density at radius 3 is 2.65 bits per heavy atom. The highest BCUT2D eigenvalue weighted by Crippen LogP contribution is 2.26. The number of carbonyl (C=O) groups is 1. The minimum Gasteiger partial charge on any atom is -0.351 e. The van der Waals surface area contributed by atoms with Crippen LogP contribution in [0.1, 0.15) is 49.7 Å². The number of carbonyl (C=O) groups excluding carboxylic acids is 1. The molecule has 0 spiro atoms. The first-order chi connectivity index (χ1) is 12.0. The van der Waals surface area contributed by atoms with Crippen LogP contribution >= 0.6 is 0 Å². The molecule has 1 amide bonds. The average Bonchev–Trinajstić information content (AvgIpc) is 2.96. The van der Waals surface area contributed by atoms with Crippen molar-refractivity contribution in [3.8, 4) is 0 Å². The van der Waals surface area contributed by atoms with E-state index in [9.17, 15) is 13.2 Å². The molecular formula is C19H27N3O3S. The van der Waals surface area contributed by atoms with E-state index in [1.165, 1.54) is 16.1 Å². The molecule has 1 aliphatic heterocycles. The molecule has 2 aromatic rings. The molecular weight excluding hydrogens is 350 g/mol. The van der Waals surface area contributed by atoms with Crippen LogP contribution < -0.4 is 5.32 Å². The van der Waals surface area contributed by atoms with E-state index in [2.05, 4.69) is 43.2 Å². The predicted octanol–water partition coefficient (Wildman–Crippen LogP) is 2.62. The van der Waals surface area contributed by atoms with Crippen LogP contribution in [0.25, 0.3) is 10.9 Å². The van der Waals surface area contributed by atoms with Gasteiger partial charge in [0.15, 0.2) is 0 Å². The average molecular weight is 378 g/mol. The van der Waals surface area contributed by atoms with Crippen LogP contribution in [0.15, 0.2) is 24.3 Å². The largest absolute Gasteiger partial charge is 0.351 e. The minimum atomic E-state index is -3.22. The smallest absolute Gasteiger partial charge is 0.267 e. The molecule has 0 unspecified atom stereocenters. The Hall–Kier alpha value is -1.86. The van der Waals surface area contributed by atoms with Crippen molar-refractivity contribution in [2.24, 2.45) is 0 Å². The first-order valence-corrected chi connectivity index (χ1v) is 10.8. The summed E-state index contributed by atoms with van der Waals surface area (Å²) in [6.45, 7) is 7.32. The maximum atomic E-state index is 12.6. The number of nitrogens with one attached hydrogen (secondary N) is 2. The molecule has 1 fully saturated rings. The fraction of sp³-hybridized carbons (Fsp3) is 0.526. The Kier molecular flexibility index (Phi) is 4.88. The summed E-state index contributed by atoms with van der Waals surface area (Å²) in [5, 5.41) is 3.96. The summed E-state index contributed by atoms with van der Waals surface area (Å²) in [7, 11) is -3.22. The van der Waals surface area contributed by atoms with E-state index in [0.29, 0.717) is 18.8 Å². The van der Waals surface area contributed by atoms with E-state index in [4.69, 9.17) is 0 Å². The van der Waals surface area contributed by atoms with Gasteiger partial charge in [0.1, 0.15) is 5.69 Å². The third-order valence-corrected chi connectivity index (χ3v) is 6.19. The second-order valence-corrected chi connectivity index (χ2v) is 10.2. The van der Waals surface area contributed by atoms with Crippen LogP contribution in [0.3, 0.4) is 0 Å². The lowest BCUT2D eigenvalue weighted by Gasteiger charge is -2.31. The Labute approximate surface area is 155 Å². The fourth-order valence-electron chi connectivity index (χ4n) is 3.34. The normalized spacial score (nSPS) is 19.6. The van der Waals surface area contributed by atoms with Gasteiger partial charge < -0.3 is 10.3 Å². The molecule has 1 aromatic heterocycles. The van der Waals surface area contributed by atoms with E-state index in [1.807, 2.05) is 12.1 Å². The maximum absolute atomic E-state index is 12.6. The van der Waals surface area contributed by atoms with E-state index >= 15 is 0 Å². The van der Waals surface area contributed by atoms with Crippen molar-refractivity contribution in [1.82, 2.24) is 14.6 Å². The molecule has 1 saturated heterocycles. The quantitative estimate of drug-likeness (QED) is 0.863. The third kappa shape index (κ3) is 4.10. The molecule has 3 rings (SSSR count). The van der Waals surface area contributed by atoms with Gasteiger partial charge in [-0.1, -0.05) is 32.9 Å². The number of aromatic nitrogens is 1. The summed E-state index contributed by atoms with van der Waals surface area (Å²) in [6, 6.07) is 7.87. The zero-order valence-electron chi connectivity index (χ0n) is 15.8. The summed E-state index contributed by atoms with van der Waals surface area (Å²) in [5.41, 5.74) is 2.68. The third-order valence-electron chi connectivity index (χ3n) is 4.92. The number of fused-ring (bicyclic) bond motifs is 1. The Morgan fingerprint density at radius 2 is 2.00 bits per heavy atom. The van der Waals surface area contributed by atoms with E-state index in [1.54, 1.807) is 0 Å². The lowest BCUT2D eigenvalue weighted by atomic mass is 9.87. The topological polar surface area (TPSA) is 82.3 Å². The number of nitrogens with zero attached hydrogens (tertiary/aromatic N) is 1. The van der Waals surface area contributed by atoms with E-state index in [0.717, 1.165) is 23.7 Å². The molecule has 26 heavy (non-hydrogen) atoms. The first kappa shape index (κ1) is 18.9. The Morgan fingerprint density at radius 1 is 1.27 bits per heavy atom. The summed E-state index contributed by atoms with van der Waals surface area (Å²) in [5.74, 6) is -0.196. The standard InChI is InChI=1S/C19H27N3O3S/c1-19(2,3)14-8-7-13-10-17(21-16(13)11-14)18(23)20-15-6-5-9-22(12-15)26(4,24)25/h7-8,10-11,15,21H,5-6,9,12H2,1-4H3,(H,20,23)/t15-/m0/s1. The summed E-state index contributed by atoms with van der Waals surface area (Å²) in [4.78, 5) is 15.8. The van der Waals surface area contributed by atoms with Gasteiger partial charge in [-0.25, -0.2) is 12.7 Å². The fourth-order valence-corrected chi connectivity index (χ4v) is 4.25. The Balaban J connectivity index is 1.75. The van der Waals surface area contributed by atoms with Crippen molar-refractivity contribution >= 4 is 26.8 Å². The van der Waals surface area contributed by atoms with Gasteiger partial charge in [0, 0.05) is 30.0 Å². The zero-order valence-corrected chi connectivity index (χ0v) is 16.6. The second kappa shape index (κ2) is 6.70. The number of hydrogen-bond donors (Lipinski definition) is 2. The van der Waals surface area contributed by atoms with Crippen molar-refractivity contribution in [3.63, 3.8) is 0 Å².